The largest absolute Gasteiger partial charge is 0.458 e. The number of esters is 1. The minimum atomic E-state index is -0.467. The number of hydrogen-bond acceptors (Lipinski definition) is 6. The second-order valence-electron chi connectivity index (χ2n) is 6.33. The number of nitrogens with one attached hydrogen (secondary N) is 1. The number of nitrogens with zero attached hydrogens (tertiary/aromatic N) is 1. The minimum absolute atomic E-state index is 0.000578. The number of thioether (sulfide) groups is 1. The summed E-state index contributed by atoms with van der Waals surface area (Å²) in [6.07, 6.45) is 3.19. The Bertz CT molecular complexity index is 851. The van der Waals surface area contributed by atoms with Crippen LogP contribution in [0, 0.1) is 16.0 Å². The van der Waals surface area contributed by atoms with Crippen LogP contribution >= 0.6 is 11.8 Å². The molecule has 0 aliphatic rings. The predicted molar refractivity (Wildman–Crippen MR) is 116 cm³/mol. The summed E-state index contributed by atoms with van der Waals surface area (Å²) in [5.41, 5.74) is 1.47. The summed E-state index contributed by atoms with van der Waals surface area (Å²) in [5.74, 6) is 0.439. The Morgan fingerprint density at radius 1 is 1.24 bits per heavy atom. The molecule has 0 saturated carbocycles. The Kier molecular flexibility index (Phi) is 8.98. The predicted octanol–water partition coefficient (Wildman–Crippen LogP) is 4.73. The fourth-order valence-electron chi connectivity index (χ4n) is 2.42. The Hall–Kier alpha value is -3.06. The van der Waals surface area contributed by atoms with Crippen LogP contribution in [0.15, 0.2) is 83.9 Å². The third-order valence-electron chi connectivity index (χ3n) is 4.03. The molecule has 2 rings (SSSR count). The van der Waals surface area contributed by atoms with Crippen molar-refractivity contribution in [3.05, 3.63) is 94.7 Å². The Balaban J connectivity index is 1.94. The van der Waals surface area contributed by atoms with Crippen molar-refractivity contribution in [2.24, 2.45) is 5.92 Å². The van der Waals surface area contributed by atoms with Gasteiger partial charge in [0.2, 0.25) is 0 Å². The lowest BCUT2D eigenvalue weighted by molar-refractivity contribution is -0.384. The molecule has 1 N–H and O–H groups in total. The van der Waals surface area contributed by atoms with Crippen molar-refractivity contribution in [2.45, 2.75) is 18.4 Å². The number of carbonyl (C=O) groups excluding carboxylic acids is 1. The molecule has 152 valence electrons. The molecule has 0 spiro atoms. The van der Waals surface area contributed by atoms with Crippen LogP contribution in [0.3, 0.4) is 0 Å². The maximum absolute atomic E-state index is 12.3. The van der Waals surface area contributed by atoms with E-state index in [0.717, 1.165) is 11.4 Å². The molecule has 6 nitrogen and oxygen atoms in total. The van der Waals surface area contributed by atoms with Gasteiger partial charge in [0.15, 0.2) is 0 Å². The van der Waals surface area contributed by atoms with Gasteiger partial charge in [-0.1, -0.05) is 31.2 Å². The number of non-ortho nitro benzene ring substituents is 1. The van der Waals surface area contributed by atoms with Gasteiger partial charge in [0.25, 0.3) is 5.69 Å². The molecule has 0 aromatic heterocycles. The van der Waals surface area contributed by atoms with Crippen LogP contribution in [0.5, 0.6) is 0 Å². The lowest BCUT2D eigenvalue weighted by Gasteiger charge is -2.17. The first-order chi connectivity index (χ1) is 14.0. The Labute approximate surface area is 174 Å². The highest BCUT2D eigenvalue weighted by molar-refractivity contribution is 7.99. The number of ether oxygens (including phenoxy) is 1. The summed E-state index contributed by atoms with van der Waals surface area (Å²) in [6, 6.07) is 16.0. The highest BCUT2D eigenvalue weighted by Gasteiger charge is 2.12. The lowest BCUT2D eigenvalue weighted by Crippen LogP contribution is -2.22. The third kappa shape index (κ3) is 7.83. The fourth-order valence-corrected chi connectivity index (χ4v) is 3.39. The van der Waals surface area contributed by atoms with Gasteiger partial charge in [-0.05, 0) is 29.8 Å². The summed E-state index contributed by atoms with van der Waals surface area (Å²) >= 11 is 1.72. The molecule has 1 atom stereocenters. The number of allylic oxidation sites excluding steroid dienone is 1. The maximum atomic E-state index is 12.3. The monoisotopic (exact) mass is 412 g/mol. The van der Waals surface area contributed by atoms with Crippen LogP contribution in [-0.4, -0.2) is 23.2 Å². The molecule has 2 aromatic carbocycles. The molecule has 0 aliphatic heterocycles. The van der Waals surface area contributed by atoms with Crippen molar-refractivity contribution >= 4 is 23.4 Å². The highest BCUT2D eigenvalue weighted by Crippen LogP contribution is 2.23. The molecule has 0 radical (unpaired) electrons. The van der Waals surface area contributed by atoms with Crippen LogP contribution in [0.4, 0.5) is 5.69 Å². The zero-order valence-electron chi connectivity index (χ0n) is 16.2. The van der Waals surface area contributed by atoms with E-state index in [9.17, 15) is 14.9 Å². The van der Waals surface area contributed by atoms with Crippen LogP contribution in [0.25, 0.3) is 0 Å². The number of carbonyl (C=O) groups is 1. The summed E-state index contributed by atoms with van der Waals surface area (Å²) in [6.45, 7) is 6.34. The number of nitro benzene ring substituents is 1. The number of hydrogen-bond donors (Lipinski definition) is 1. The van der Waals surface area contributed by atoms with Gasteiger partial charge in [-0.2, -0.15) is 0 Å². The normalized spacial score (nSPS) is 12.1. The van der Waals surface area contributed by atoms with Gasteiger partial charge in [0, 0.05) is 47.0 Å². The first kappa shape index (κ1) is 22.2. The molecule has 7 heteroatoms. The molecule has 0 amide bonds. The second-order valence-corrected chi connectivity index (χ2v) is 7.42. The van der Waals surface area contributed by atoms with E-state index >= 15 is 0 Å². The highest BCUT2D eigenvalue weighted by atomic mass is 32.2. The topological polar surface area (TPSA) is 81.5 Å². The van der Waals surface area contributed by atoms with Crippen molar-refractivity contribution in [2.75, 3.05) is 12.3 Å². The Morgan fingerprint density at radius 2 is 1.93 bits per heavy atom. The number of benzene rings is 2. The second kappa shape index (κ2) is 11.7. The standard InChI is InChI=1S/C22H24N2O4S/c1-3-13-23-21(17(2)16-29-20-7-5-4-6-8-20)14-22(25)28-15-18-9-11-19(12-10-18)24(26)27/h3-12,14,17,23H,1,13,15-16H2,2H3/b21-14-. The molecule has 2 aromatic rings. The van der Waals surface area contributed by atoms with Gasteiger partial charge in [0.05, 0.1) is 4.92 Å². The van der Waals surface area contributed by atoms with Crippen LogP contribution < -0.4 is 5.32 Å². The zero-order chi connectivity index (χ0) is 21.1. The van der Waals surface area contributed by atoms with Crippen molar-refractivity contribution in [3.8, 4) is 0 Å². The van der Waals surface area contributed by atoms with Crippen LogP contribution in [0.1, 0.15) is 12.5 Å². The minimum Gasteiger partial charge on any atom is -0.458 e. The smallest absolute Gasteiger partial charge is 0.332 e. The molecule has 29 heavy (non-hydrogen) atoms. The molecule has 0 saturated heterocycles. The average Bonchev–Trinajstić information content (AvgIpc) is 2.74. The van der Waals surface area contributed by atoms with Gasteiger partial charge in [-0.25, -0.2) is 4.79 Å². The molecule has 0 fully saturated rings. The molecule has 0 bridgehead atoms. The van der Waals surface area contributed by atoms with E-state index in [0.29, 0.717) is 12.1 Å². The lowest BCUT2D eigenvalue weighted by atomic mass is 10.1. The Morgan fingerprint density at radius 3 is 2.55 bits per heavy atom. The van der Waals surface area contributed by atoms with Crippen LogP contribution in [0.2, 0.25) is 0 Å². The zero-order valence-corrected chi connectivity index (χ0v) is 17.1. The fraction of sp³-hybridized carbons (Fsp3) is 0.227. The van der Waals surface area contributed by atoms with Gasteiger partial charge in [-0.15, -0.1) is 18.3 Å². The van der Waals surface area contributed by atoms with Crippen molar-refractivity contribution < 1.29 is 14.5 Å². The van der Waals surface area contributed by atoms with Gasteiger partial charge >= 0.3 is 5.97 Å². The van der Waals surface area contributed by atoms with Crippen molar-refractivity contribution in [1.82, 2.24) is 5.32 Å². The van der Waals surface area contributed by atoms with Gasteiger partial charge in [-0.3, -0.25) is 10.1 Å². The summed E-state index contributed by atoms with van der Waals surface area (Å²) in [7, 11) is 0. The first-order valence-corrected chi connectivity index (χ1v) is 10.1. The van der Waals surface area contributed by atoms with E-state index < -0.39 is 10.9 Å². The summed E-state index contributed by atoms with van der Waals surface area (Å²) < 4.78 is 5.29. The number of nitro groups is 1. The van der Waals surface area contributed by atoms with Gasteiger partial charge < -0.3 is 10.1 Å². The first-order valence-electron chi connectivity index (χ1n) is 9.14. The molecule has 0 aliphatic carbocycles. The van der Waals surface area contributed by atoms with E-state index in [2.05, 4.69) is 24.0 Å². The van der Waals surface area contributed by atoms with E-state index in [4.69, 9.17) is 4.74 Å². The van der Waals surface area contributed by atoms with E-state index in [1.807, 2.05) is 25.1 Å². The molecular weight excluding hydrogens is 388 g/mol. The summed E-state index contributed by atoms with van der Waals surface area (Å²) in [4.78, 5) is 23.7. The molecular formula is C22H24N2O4S. The molecule has 1 unspecified atom stereocenters. The van der Waals surface area contributed by atoms with Crippen molar-refractivity contribution in [1.29, 1.82) is 0 Å². The third-order valence-corrected chi connectivity index (χ3v) is 5.30. The SMILES string of the molecule is C=CCN/C(=C\C(=O)OCc1ccc([N+](=O)[O-])cc1)C(C)CSc1ccccc1. The van der Waals surface area contributed by atoms with Crippen LogP contribution in [-0.2, 0) is 16.1 Å². The maximum Gasteiger partial charge on any atom is 0.332 e. The average molecular weight is 413 g/mol. The van der Waals surface area contributed by atoms with Gasteiger partial charge in [0.1, 0.15) is 6.61 Å². The number of rotatable bonds is 11. The van der Waals surface area contributed by atoms with E-state index in [-0.39, 0.29) is 18.2 Å². The quantitative estimate of drug-likeness (QED) is 0.144. The summed E-state index contributed by atoms with van der Waals surface area (Å²) in [5, 5.41) is 13.9. The molecule has 0 heterocycles. The van der Waals surface area contributed by atoms with E-state index in [1.54, 1.807) is 30.0 Å². The van der Waals surface area contributed by atoms with E-state index in [1.165, 1.54) is 23.1 Å². The van der Waals surface area contributed by atoms with Crippen molar-refractivity contribution in [3.63, 3.8) is 0 Å².